The number of carbonyl (C=O) groups is 1. The molecule has 3 aromatic rings. The topological polar surface area (TPSA) is 58.1 Å². The van der Waals surface area contributed by atoms with E-state index in [0.29, 0.717) is 18.1 Å². The van der Waals surface area contributed by atoms with Crippen molar-refractivity contribution in [3.63, 3.8) is 0 Å². The number of aromatic nitrogens is 2. The van der Waals surface area contributed by atoms with E-state index in [9.17, 15) is 4.79 Å². The third-order valence-electron chi connectivity index (χ3n) is 4.18. The minimum Gasteiger partial charge on any atom is -0.362 e. The molecule has 1 atom stereocenters. The quantitative estimate of drug-likeness (QED) is 0.722. The molecule has 3 rings (SSSR count). The lowest BCUT2D eigenvalue weighted by Crippen LogP contribution is -2.31. The van der Waals surface area contributed by atoms with Crippen molar-refractivity contribution in [1.29, 1.82) is 0 Å². The Kier molecular flexibility index (Phi) is 5.59. The van der Waals surface area contributed by atoms with Crippen LogP contribution in [0.25, 0.3) is 0 Å². The fourth-order valence-electron chi connectivity index (χ4n) is 2.76. The van der Waals surface area contributed by atoms with Crippen molar-refractivity contribution < 1.29 is 4.79 Å². The van der Waals surface area contributed by atoms with Crippen LogP contribution in [0.15, 0.2) is 72.8 Å². The molecule has 132 valence electrons. The van der Waals surface area contributed by atoms with Crippen molar-refractivity contribution in [1.82, 2.24) is 10.2 Å². The molecule has 0 aliphatic heterocycles. The average molecular weight is 346 g/mol. The summed E-state index contributed by atoms with van der Waals surface area (Å²) in [6.07, 6.45) is 0. The van der Waals surface area contributed by atoms with Gasteiger partial charge in [0.15, 0.2) is 5.69 Å². The molecule has 0 radical (unpaired) electrons. The Morgan fingerprint density at radius 3 is 2.19 bits per heavy atom. The third kappa shape index (κ3) is 4.06. The van der Waals surface area contributed by atoms with Gasteiger partial charge in [-0.3, -0.25) is 4.79 Å². The molecule has 1 amide bonds. The number of nitrogens with zero attached hydrogens (tertiary/aromatic N) is 3. The summed E-state index contributed by atoms with van der Waals surface area (Å²) in [5, 5.41) is 11.6. The molecule has 0 spiro atoms. The summed E-state index contributed by atoms with van der Waals surface area (Å²) in [4.78, 5) is 14.4. The van der Waals surface area contributed by atoms with E-state index in [0.717, 1.165) is 11.3 Å². The molecule has 26 heavy (non-hydrogen) atoms. The van der Waals surface area contributed by atoms with E-state index in [4.69, 9.17) is 0 Å². The lowest BCUT2D eigenvalue weighted by atomic mass is 10.1. The van der Waals surface area contributed by atoms with Gasteiger partial charge in [-0.1, -0.05) is 48.5 Å². The molecule has 1 N–H and O–H groups in total. The van der Waals surface area contributed by atoms with Gasteiger partial charge in [0, 0.05) is 18.3 Å². The molecule has 1 aromatic heterocycles. The van der Waals surface area contributed by atoms with Gasteiger partial charge in [0.2, 0.25) is 0 Å². The first-order valence-electron chi connectivity index (χ1n) is 8.71. The minimum absolute atomic E-state index is 0.100. The van der Waals surface area contributed by atoms with Crippen LogP contribution >= 0.6 is 0 Å². The number of amides is 1. The first-order chi connectivity index (χ1) is 12.7. The molecule has 0 saturated heterocycles. The highest BCUT2D eigenvalue weighted by Gasteiger charge is 2.18. The van der Waals surface area contributed by atoms with Gasteiger partial charge in [0.1, 0.15) is 5.82 Å². The number of rotatable bonds is 6. The molecule has 1 heterocycles. The maximum Gasteiger partial charge on any atom is 0.278 e. The van der Waals surface area contributed by atoms with Crippen LogP contribution in [-0.2, 0) is 0 Å². The second-order valence-electron chi connectivity index (χ2n) is 5.97. The van der Waals surface area contributed by atoms with Gasteiger partial charge in [-0.05, 0) is 43.7 Å². The van der Waals surface area contributed by atoms with E-state index in [1.54, 1.807) is 17.0 Å². The molecule has 1 unspecified atom stereocenters. The van der Waals surface area contributed by atoms with Crippen LogP contribution in [0, 0.1) is 0 Å². The van der Waals surface area contributed by atoms with E-state index >= 15 is 0 Å². The fourth-order valence-corrected chi connectivity index (χ4v) is 2.76. The standard InChI is InChI=1S/C21H22N4O/c1-3-25(18-12-8-5-9-13-18)21(26)19-14-15-20(24-23-19)22-16(2)17-10-6-4-7-11-17/h4-16H,3H2,1-2H3,(H,22,24). The average Bonchev–Trinajstić information content (AvgIpc) is 2.70. The van der Waals surface area contributed by atoms with Gasteiger partial charge < -0.3 is 10.2 Å². The largest absolute Gasteiger partial charge is 0.362 e. The number of benzene rings is 2. The Morgan fingerprint density at radius 2 is 1.62 bits per heavy atom. The zero-order valence-corrected chi connectivity index (χ0v) is 15.0. The second-order valence-corrected chi connectivity index (χ2v) is 5.97. The van der Waals surface area contributed by atoms with Crippen LogP contribution in [0.5, 0.6) is 0 Å². The number of hydrogen-bond acceptors (Lipinski definition) is 4. The molecule has 0 saturated carbocycles. The Bertz CT molecular complexity index is 835. The molecule has 5 nitrogen and oxygen atoms in total. The van der Waals surface area contributed by atoms with Crippen LogP contribution in [-0.4, -0.2) is 22.6 Å². The van der Waals surface area contributed by atoms with Gasteiger partial charge in [0.05, 0.1) is 0 Å². The molecule has 0 aliphatic rings. The summed E-state index contributed by atoms with van der Waals surface area (Å²) < 4.78 is 0. The zero-order valence-electron chi connectivity index (χ0n) is 15.0. The lowest BCUT2D eigenvalue weighted by molar-refractivity contribution is 0.0982. The summed E-state index contributed by atoms with van der Waals surface area (Å²) in [5.41, 5.74) is 2.34. The van der Waals surface area contributed by atoms with E-state index in [1.807, 2.05) is 55.5 Å². The maximum absolute atomic E-state index is 12.7. The summed E-state index contributed by atoms with van der Waals surface area (Å²) >= 11 is 0. The monoisotopic (exact) mass is 346 g/mol. The predicted molar refractivity (Wildman–Crippen MR) is 104 cm³/mol. The highest BCUT2D eigenvalue weighted by atomic mass is 16.2. The maximum atomic E-state index is 12.7. The molecule has 5 heteroatoms. The number of para-hydroxylation sites is 1. The Labute approximate surface area is 153 Å². The lowest BCUT2D eigenvalue weighted by Gasteiger charge is -2.20. The molecule has 2 aromatic carbocycles. The van der Waals surface area contributed by atoms with Crippen molar-refractivity contribution in [2.24, 2.45) is 0 Å². The first kappa shape index (κ1) is 17.6. The van der Waals surface area contributed by atoms with Crippen LogP contribution < -0.4 is 10.2 Å². The molecular weight excluding hydrogens is 324 g/mol. The van der Waals surface area contributed by atoms with Gasteiger partial charge in [-0.15, -0.1) is 10.2 Å². The normalized spacial score (nSPS) is 11.6. The van der Waals surface area contributed by atoms with Crippen LogP contribution in [0.2, 0.25) is 0 Å². The van der Waals surface area contributed by atoms with Gasteiger partial charge in [-0.2, -0.15) is 0 Å². The predicted octanol–water partition coefficient (Wildman–Crippen LogP) is 4.32. The van der Waals surface area contributed by atoms with Gasteiger partial charge in [-0.25, -0.2) is 0 Å². The van der Waals surface area contributed by atoms with E-state index in [-0.39, 0.29) is 11.9 Å². The van der Waals surface area contributed by atoms with Crippen molar-refractivity contribution >= 4 is 17.4 Å². The molecule has 0 aliphatic carbocycles. The summed E-state index contributed by atoms with van der Waals surface area (Å²) in [6, 6.07) is 23.3. The van der Waals surface area contributed by atoms with Crippen LogP contribution in [0.4, 0.5) is 11.5 Å². The number of hydrogen-bond donors (Lipinski definition) is 1. The van der Waals surface area contributed by atoms with Crippen molar-refractivity contribution in [2.75, 3.05) is 16.8 Å². The second kappa shape index (κ2) is 8.25. The smallest absolute Gasteiger partial charge is 0.278 e. The number of nitrogens with one attached hydrogen (secondary N) is 1. The van der Waals surface area contributed by atoms with Gasteiger partial charge >= 0.3 is 0 Å². The fraction of sp³-hybridized carbons (Fsp3) is 0.190. The van der Waals surface area contributed by atoms with Crippen LogP contribution in [0.3, 0.4) is 0 Å². The molecule has 0 bridgehead atoms. The van der Waals surface area contributed by atoms with E-state index in [1.165, 1.54) is 0 Å². The van der Waals surface area contributed by atoms with Crippen molar-refractivity contribution in [3.05, 3.63) is 84.1 Å². The highest BCUT2D eigenvalue weighted by molar-refractivity contribution is 6.04. The molecule has 0 fully saturated rings. The summed E-state index contributed by atoms with van der Waals surface area (Å²) in [7, 11) is 0. The summed E-state index contributed by atoms with van der Waals surface area (Å²) in [5.74, 6) is 0.481. The number of carbonyl (C=O) groups excluding carboxylic acids is 1. The number of anilines is 2. The minimum atomic E-state index is -0.158. The van der Waals surface area contributed by atoms with Gasteiger partial charge in [0.25, 0.3) is 5.91 Å². The Hall–Kier alpha value is -3.21. The first-order valence-corrected chi connectivity index (χ1v) is 8.71. The van der Waals surface area contributed by atoms with Crippen molar-refractivity contribution in [2.45, 2.75) is 19.9 Å². The highest BCUT2D eigenvalue weighted by Crippen LogP contribution is 2.18. The van der Waals surface area contributed by atoms with Crippen molar-refractivity contribution in [3.8, 4) is 0 Å². The molecular formula is C21H22N4O. The Balaban J connectivity index is 1.71. The zero-order chi connectivity index (χ0) is 18.4. The van der Waals surface area contributed by atoms with Crippen LogP contribution in [0.1, 0.15) is 35.9 Å². The SMILES string of the molecule is CCN(C(=O)c1ccc(NC(C)c2ccccc2)nn1)c1ccccc1. The van der Waals surface area contributed by atoms with E-state index in [2.05, 4.69) is 34.6 Å². The third-order valence-corrected chi connectivity index (χ3v) is 4.18. The van der Waals surface area contributed by atoms with E-state index < -0.39 is 0 Å². The Morgan fingerprint density at radius 1 is 0.962 bits per heavy atom. The summed E-state index contributed by atoms with van der Waals surface area (Å²) in [6.45, 7) is 4.57.